The van der Waals surface area contributed by atoms with E-state index in [9.17, 15) is 9.90 Å². The van der Waals surface area contributed by atoms with Crippen LogP contribution in [0.5, 0.6) is 0 Å². The number of aromatic amines is 1. The maximum Gasteiger partial charge on any atom is 0.247 e. The minimum Gasteiger partial charge on any atom is -0.389 e. The van der Waals surface area contributed by atoms with Crippen LogP contribution < -0.4 is 5.56 Å². The van der Waals surface area contributed by atoms with E-state index in [0.29, 0.717) is 11.6 Å². The van der Waals surface area contributed by atoms with E-state index in [2.05, 4.69) is 15.1 Å². The molecule has 0 aliphatic carbocycles. The number of pyridine rings is 1. The van der Waals surface area contributed by atoms with E-state index in [0.717, 1.165) is 11.1 Å². The zero-order valence-corrected chi connectivity index (χ0v) is 15.2. The van der Waals surface area contributed by atoms with Gasteiger partial charge in [0.25, 0.3) is 0 Å². The molecule has 3 aromatic rings. The number of rotatable bonds is 5. The fourth-order valence-corrected chi connectivity index (χ4v) is 2.85. The number of aromatic nitrogens is 4. The van der Waals surface area contributed by atoms with Crippen molar-refractivity contribution in [1.82, 2.24) is 19.7 Å². The fourth-order valence-electron chi connectivity index (χ4n) is 2.44. The normalized spacial score (nSPS) is 11.7. The van der Waals surface area contributed by atoms with Gasteiger partial charge in [-0.05, 0) is 38.3 Å². The lowest BCUT2D eigenvalue weighted by Crippen LogP contribution is -2.27. The largest absolute Gasteiger partial charge is 0.389 e. The van der Waals surface area contributed by atoms with Gasteiger partial charge in [0.15, 0.2) is 11.6 Å². The third-order valence-corrected chi connectivity index (χ3v) is 4.34. The molecule has 1 aromatic carbocycles. The van der Waals surface area contributed by atoms with Crippen LogP contribution in [0.15, 0.2) is 52.3 Å². The number of hydrogen-bond acceptors (Lipinski definition) is 5. The first kappa shape index (κ1) is 17.4. The summed E-state index contributed by atoms with van der Waals surface area (Å²) in [7, 11) is 0. The van der Waals surface area contributed by atoms with Crippen molar-refractivity contribution < 1.29 is 5.11 Å². The Bertz CT molecular complexity index is 903. The van der Waals surface area contributed by atoms with Gasteiger partial charge in [-0.15, -0.1) is 11.8 Å². The highest BCUT2D eigenvalue weighted by molar-refractivity contribution is 7.98. The second-order valence-corrected chi connectivity index (χ2v) is 7.28. The first-order chi connectivity index (χ1) is 11.9. The highest BCUT2D eigenvalue weighted by atomic mass is 32.2. The molecule has 0 saturated carbocycles. The zero-order valence-electron chi connectivity index (χ0n) is 14.4. The molecule has 2 heterocycles. The summed E-state index contributed by atoms with van der Waals surface area (Å²) in [5.41, 5.74) is 0.524. The van der Waals surface area contributed by atoms with Crippen molar-refractivity contribution in [2.45, 2.75) is 30.9 Å². The molecule has 0 unspecified atom stereocenters. The SMILES string of the molecule is CSc1ccc(-c2nc(-c3ccc(=O)[nH]c3)n(CC(C)(C)O)n2)cc1. The van der Waals surface area contributed by atoms with Gasteiger partial charge in [-0.2, -0.15) is 5.10 Å². The van der Waals surface area contributed by atoms with Crippen LogP contribution >= 0.6 is 11.8 Å². The monoisotopic (exact) mass is 356 g/mol. The minimum absolute atomic E-state index is 0.176. The van der Waals surface area contributed by atoms with E-state index in [-0.39, 0.29) is 12.1 Å². The number of nitrogens with one attached hydrogen (secondary N) is 1. The molecule has 0 atom stereocenters. The molecule has 3 rings (SSSR count). The fraction of sp³-hybridized carbons (Fsp3) is 0.278. The van der Waals surface area contributed by atoms with Crippen molar-refractivity contribution >= 4 is 11.8 Å². The third kappa shape index (κ3) is 4.18. The average molecular weight is 356 g/mol. The molecule has 0 aliphatic heterocycles. The zero-order chi connectivity index (χ0) is 18.0. The van der Waals surface area contributed by atoms with Gasteiger partial charge in [-0.3, -0.25) is 4.79 Å². The molecule has 0 amide bonds. The van der Waals surface area contributed by atoms with Crippen LogP contribution in [0.2, 0.25) is 0 Å². The average Bonchev–Trinajstić information content (AvgIpc) is 2.97. The lowest BCUT2D eigenvalue weighted by molar-refractivity contribution is 0.0582. The van der Waals surface area contributed by atoms with E-state index in [1.54, 1.807) is 42.6 Å². The lowest BCUT2D eigenvalue weighted by atomic mass is 10.1. The Morgan fingerprint density at radius 2 is 1.84 bits per heavy atom. The first-order valence-corrected chi connectivity index (χ1v) is 9.09. The van der Waals surface area contributed by atoms with Crippen molar-refractivity contribution in [1.29, 1.82) is 0 Å². The Hall–Kier alpha value is -2.38. The van der Waals surface area contributed by atoms with Gasteiger partial charge in [-0.1, -0.05) is 12.1 Å². The van der Waals surface area contributed by atoms with E-state index in [4.69, 9.17) is 0 Å². The second-order valence-electron chi connectivity index (χ2n) is 6.40. The molecule has 130 valence electrons. The Labute approximate surface area is 149 Å². The quantitative estimate of drug-likeness (QED) is 0.687. The van der Waals surface area contributed by atoms with Crippen LogP contribution in [-0.4, -0.2) is 36.7 Å². The standard InChI is InChI=1S/C18H20N4O2S/c1-18(2,24)11-22-17(13-6-9-15(23)19-10-13)20-16(21-22)12-4-7-14(25-3)8-5-12/h4-10,24H,11H2,1-3H3,(H,19,23). The van der Waals surface area contributed by atoms with Crippen LogP contribution in [0.1, 0.15) is 13.8 Å². The molecular weight excluding hydrogens is 336 g/mol. The minimum atomic E-state index is -0.940. The number of thioether (sulfide) groups is 1. The lowest BCUT2D eigenvalue weighted by Gasteiger charge is -2.17. The molecule has 0 spiro atoms. The van der Waals surface area contributed by atoms with Crippen molar-refractivity contribution in [3.63, 3.8) is 0 Å². The summed E-state index contributed by atoms with van der Waals surface area (Å²) >= 11 is 1.67. The molecule has 0 aliphatic rings. The van der Waals surface area contributed by atoms with Crippen molar-refractivity contribution in [2.24, 2.45) is 0 Å². The number of nitrogens with zero attached hydrogens (tertiary/aromatic N) is 3. The molecule has 7 heteroatoms. The summed E-state index contributed by atoms with van der Waals surface area (Å²) in [5.74, 6) is 1.18. The van der Waals surface area contributed by atoms with Crippen LogP contribution in [0.3, 0.4) is 0 Å². The molecule has 6 nitrogen and oxygen atoms in total. The van der Waals surface area contributed by atoms with Crippen molar-refractivity contribution in [2.75, 3.05) is 6.26 Å². The van der Waals surface area contributed by atoms with Gasteiger partial charge in [-0.25, -0.2) is 9.67 Å². The van der Waals surface area contributed by atoms with Crippen LogP contribution in [0.4, 0.5) is 0 Å². The van der Waals surface area contributed by atoms with Crippen LogP contribution in [0, 0.1) is 0 Å². The molecule has 0 radical (unpaired) electrons. The highest BCUT2D eigenvalue weighted by Crippen LogP contribution is 2.25. The highest BCUT2D eigenvalue weighted by Gasteiger charge is 2.20. The Kier molecular flexibility index (Phi) is 4.78. The summed E-state index contributed by atoms with van der Waals surface area (Å²) in [5, 5.41) is 14.8. The van der Waals surface area contributed by atoms with Gasteiger partial charge in [0.1, 0.15) is 0 Å². The number of hydrogen-bond donors (Lipinski definition) is 2. The maximum atomic E-state index is 11.3. The van der Waals surface area contributed by atoms with Gasteiger partial charge in [0, 0.05) is 28.3 Å². The summed E-state index contributed by atoms with van der Waals surface area (Å²) in [4.78, 5) is 19.8. The third-order valence-electron chi connectivity index (χ3n) is 3.60. The molecular formula is C18H20N4O2S. The second kappa shape index (κ2) is 6.85. The summed E-state index contributed by atoms with van der Waals surface area (Å²) < 4.78 is 1.67. The van der Waals surface area contributed by atoms with Crippen LogP contribution in [0.25, 0.3) is 22.8 Å². The van der Waals surface area contributed by atoms with Gasteiger partial charge < -0.3 is 10.1 Å². The molecule has 0 bridgehead atoms. The predicted octanol–water partition coefficient (Wildman–Crippen LogP) is 2.79. The smallest absolute Gasteiger partial charge is 0.247 e. The van der Waals surface area contributed by atoms with Crippen LogP contribution in [-0.2, 0) is 6.54 Å². The Morgan fingerprint density at radius 3 is 2.40 bits per heavy atom. The van der Waals surface area contributed by atoms with E-state index >= 15 is 0 Å². The topological polar surface area (TPSA) is 83.8 Å². The van der Waals surface area contributed by atoms with E-state index in [1.807, 2.05) is 30.5 Å². The predicted molar refractivity (Wildman–Crippen MR) is 99.6 cm³/mol. The Morgan fingerprint density at radius 1 is 1.16 bits per heavy atom. The van der Waals surface area contributed by atoms with Gasteiger partial charge >= 0.3 is 0 Å². The molecule has 2 N–H and O–H groups in total. The number of benzene rings is 1. The van der Waals surface area contributed by atoms with Gasteiger partial charge in [0.2, 0.25) is 5.56 Å². The van der Waals surface area contributed by atoms with Crippen molar-refractivity contribution in [3.8, 4) is 22.8 Å². The molecule has 0 fully saturated rings. The van der Waals surface area contributed by atoms with E-state index in [1.165, 1.54) is 11.0 Å². The maximum absolute atomic E-state index is 11.3. The molecule has 2 aromatic heterocycles. The van der Waals surface area contributed by atoms with Crippen molar-refractivity contribution in [3.05, 3.63) is 52.9 Å². The molecule has 25 heavy (non-hydrogen) atoms. The summed E-state index contributed by atoms with van der Waals surface area (Å²) in [6.45, 7) is 3.73. The summed E-state index contributed by atoms with van der Waals surface area (Å²) in [6.07, 6.45) is 3.63. The van der Waals surface area contributed by atoms with Gasteiger partial charge in [0.05, 0.1) is 12.1 Å². The van der Waals surface area contributed by atoms with E-state index < -0.39 is 5.60 Å². The number of aliphatic hydroxyl groups is 1. The summed E-state index contributed by atoms with van der Waals surface area (Å²) in [6, 6.07) is 11.2. The number of H-pyrrole nitrogens is 1. The Balaban J connectivity index is 2.07. The molecule has 0 saturated heterocycles. The first-order valence-electron chi connectivity index (χ1n) is 7.86.